The molecule has 0 aliphatic heterocycles. The van der Waals surface area contributed by atoms with Crippen LogP contribution in [0.1, 0.15) is 11.1 Å². The van der Waals surface area contributed by atoms with Crippen LogP contribution in [-0.2, 0) is 22.7 Å². The van der Waals surface area contributed by atoms with E-state index in [0.29, 0.717) is 19.8 Å². The van der Waals surface area contributed by atoms with Crippen molar-refractivity contribution < 1.29 is 9.47 Å². The highest BCUT2D eigenvalue weighted by molar-refractivity contribution is 5.14. The molecule has 0 heterocycles. The fraction of sp³-hybridized carbons (Fsp3) is 0.263. The summed E-state index contributed by atoms with van der Waals surface area (Å²) in [5, 5.41) is 0. The molecule has 0 radical (unpaired) electrons. The number of hydrogen-bond donors (Lipinski definition) is 1. The number of rotatable bonds is 9. The van der Waals surface area contributed by atoms with Crippen LogP contribution in [0.15, 0.2) is 73.3 Å². The zero-order valence-electron chi connectivity index (χ0n) is 12.7. The molecular formula is C19H23NO2. The van der Waals surface area contributed by atoms with Crippen molar-refractivity contribution in [3.05, 3.63) is 84.4 Å². The van der Waals surface area contributed by atoms with Crippen LogP contribution >= 0.6 is 0 Å². The molecule has 2 N–H and O–H groups in total. The summed E-state index contributed by atoms with van der Waals surface area (Å²) in [4.78, 5) is 0. The van der Waals surface area contributed by atoms with Crippen molar-refractivity contribution in [1.82, 2.24) is 0 Å². The van der Waals surface area contributed by atoms with Crippen LogP contribution in [-0.4, -0.2) is 18.8 Å². The monoisotopic (exact) mass is 297 g/mol. The first kappa shape index (κ1) is 16.4. The van der Waals surface area contributed by atoms with Gasteiger partial charge in [0, 0.05) is 6.54 Å². The number of ether oxygens (including phenoxy) is 2. The zero-order chi connectivity index (χ0) is 15.6. The molecule has 0 aromatic heterocycles. The lowest BCUT2D eigenvalue weighted by Crippen LogP contribution is -2.36. The van der Waals surface area contributed by atoms with Crippen LogP contribution in [0.25, 0.3) is 0 Å². The molecule has 0 aliphatic rings. The minimum Gasteiger partial charge on any atom is -0.369 e. The summed E-state index contributed by atoms with van der Waals surface area (Å²) < 4.78 is 11.8. The van der Waals surface area contributed by atoms with Crippen LogP contribution in [0.2, 0.25) is 0 Å². The van der Waals surface area contributed by atoms with E-state index >= 15 is 0 Å². The first-order chi connectivity index (χ1) is 10.8. The summed E-state index contributed by atoms with van der Waals surface area (Å²) in [6.07, 6.45) is 1.32. The van der Waals surface area contributed by atoms with Gasteiger partial charge >= 0.3 is 0 Å². The Morgan fingerprint density at radius 2 is 1.36 bits per heavy atom. The van der Waals surface area contributed by atoms with Crippen LogP contribution in [0.5, 0.6) is 0 Å². The Labute approximate surface area is 132 Å². The summed E-state index contributed by atoms with van der Waals surface area (Å²) in [6, 6.07) is 20.1. The van der Waals surface area contributed by atoms with Crippen LogP contribution < -0.4 is 5.73 Å². The van der Waals surface area contributed by atoms with Crippen LogP contribution in [0.3, 0.4) is 0 Å². The molecule has 3 heteroatoms. The molecule has 22 heavy (non-hydrogen) atoms. The molecule has 0 fully saturated rings. The summed E-state index contributed by atoms with van der Waals surface area (Å²) in [5.41, 5.74) is 8.07. The van der Waals surface area contributed by atoms with Gasteiger partial charge in [-0.05, 0) is 11.1 Å². The molecule has 2 atom stereocenters. The minimum atomic E-state index is -0.228. The minimum absolute atomic E-state index is 0.207. The molecule has 116 valence electrons. The van der Waals surface area contributed by atoms with E-state index in [2.05, 4.69) is 6.58 Å². The van der Waals surface area contributed by atoms with Gasteiger partial charge in [-0.15, -0.1) is 6.58 Å². The maximum atomic E-state index is 5.90. The Morgan fingerprint density at radius 3 is 1.82 bits per heavy atom. The van der Waals surface area contributed by atoms with Crippen molar-refractivity contribution in [3.63, 3.8) is 0 Å². The van der Waals surface area contributed by atoms with Crippen molar-refractivity contribution >= 4 is 0 Å². The molecule has 2 rings (SSSR count). The Bertz CT molecular complexity index is 542. The van der Waals surface area contributed by atoms with Gasteiger partial charge in [0.2, 0.25) is 0 Å². The standard InChI is InChI=1S/C19H23NO2/c1-2-18(21-14-16-9-5-3-6-10-16)19(13-20)22-15-17-11-7-4-8-12-17/h2-12,18-19H,1,13-15,20H2/t18-,19-/m1/s1. The predicted molar refractivity (Wildman–Crippen MR) is 89.3 cm³/mol. The fourth-order valence-corrected chi connectivity index (χ4v) is 2.17. The number of nitrogens with two attached hydrogens (primary N) is 1. The van der Waals surface area contributed by atoms with E-state index in [1.54, 1.807) is 6.08 Å². The predicted octanol–water partition coefficient (Wildman–Crippen LogP) is 3.30. The molecule has 0 spiro atoms. The molecular weight excluding hydrogens is 274 g/mol. The third-order valence-electron chi connectivity index (χ3n) is 3.42. The second kappa shape index (κ2) is 9.15. The fourth-order valence-electron chi connectivity index (χ4n) is 2.17. The third-order valence-corrected chi connectivity index (χ3v) is 3.42. The lowest BCUT2D eigenvalue weighted by Gasteiger charge is -2.24. The van der Waals surface area contributed by atoms with Gasteiger partial charge in [-0.25, -0.2) is 0 Å². The Hall–Kier alpha value is -1.94. The zero-order valence-corrected chi connectivity index (χ0v) is 12.7. The molecule has 2 aromatic carbocycles. The topological polar surface area (TPSA) is 44.5 Å². The SMILES string of the molecule is C=C[C@@H](OCc1ccccc1)[C@@H](CN)OCc1ccccc1. The molecule has 0 saturated carbocycles. The van der Waals surface area contributed by atoms with Crippen molar-refractivity contribution in [2.24, 2.45) is 5.73 Å². The maximum Gasteiger partial charge on any atom is 0.103 e. The van der Waals surface area contributed by atoms with Crippen molar-refractivity contribution in [2.45, 2.75) is 25.4 Å². The first-order valence-electron chi connectivity index (χ1n) is 7.47. The molecule has 0 saturated heterocycles. The summed E-state index contributed by atoms with van der Waals surface area (Å²) in [5.74, 6) is 0. The number of benzene rings is 2. The van der Waals surface area contributed by atoms with Crippen LogP contribution in [0, 0.1) is 0 Å². The van der Waals surface area contributed by atoms with Gasteiger partial charge in [0.1, 0.15) is 6.10 Å². The molecule has 2 aromatic rings. The largest absolute Gasteiger partial charge is 0.369 e. The van der Waals surface area contributed by atoms with Crippen LogP contribution in [0.4, 0.5) is 0 Å². The Balaban J connectivity index is 1.87. The summed E-state index contributed by atoms with van der Waals surface area (Å²) in [7, 11) is 0. The van der Waals surface area contributed by atoms with Crippen molar-refractivity contribution in [1.29, 1.82) is 0 Å². The number of hydrogen-bond acceptors (Lipinski definition) is 3. The van der Waals surface area contributed by atoms with Gasteiger partial charge in [-0.1, -0.05) is 66.7 Å². The Kier molecular flexibility index (Phi) is 6.84. The lowest BCUT2D eigenvalue weighted by molar-refractivity contribution is -0.0597. The van der Waals surface area contributed by atoms with E-state index in [9.17, 15) is 0 Å². The molecule has 0 amide bonds. The van der Waals surface area contributed by atoms with Gasteiger partial charge in [0.05, 0.1) is 19.3 Å². The third kappa shape index (κ3) is 5.11. The second-order valence-electron chi connectivity index (χ2n) is 5.07. The average molecular weight is 297 g/mol. The molecule has 0 aliphatic carbocycles. The van der Waals surface area contributed by atoms with Gasteiger partial charge in [-0.3, -0.25) is 0 Å². The first-order valence-corrected chi connectivity index (χ1v) is 7.47. The van der Waals surface area contributed by atoms with Gasteiger partial charge in [-0.2, -0.15) is 0 Å². The van der Waals surface area contributed by atoms with E-state index in [4.69, 9.17) is 15.2 Å². The van der Waals surface area contributed by atoms with E-state index in [1.807, 2.05) is 60.7 Å². The summed E-state index contributed by atoms with van der Waals surface area (Å²) >= 11 is 0. The van der Waals surface area contributed by atoms with Gasteiger partial charge in [0.15, 0.2) is 0 Å². The van der Waals surface area contributed by atoms with Gasteiger partial charge < -0.3 is 15.2 Å². The van der Waals surface area contributed by atoms with Crippen molar-refractivity contribution in [2.75, 3.05) is 6.54 Å². The molecule has 0 unspecified atom stereocenters. The highest BCUT2D eigenvalue weighted by Crippen LogP contribution is 2.12. The Morgan fingerprint density at radius 1 is 0.864 bits per heavy atom. The van der Waals surface area contributed by atoms with E-state index in [1.165, 1.54) is 0 Å². The van der Waals surface area contributed by atoms with Gasteiger partial charge in [0.25, 0.3) is 0 Å². The van der Waals surface area contributed by atoms with Crippen molar-refractivity contribution in [3.8, 4) is 0 Å². The highest BCUT2D eigenvalue weighted by Gasteiger charge is 2.19. The average Bonchev–Trinajstić information content (AvgIpc) is 2.59. The summed E-state index contributed by atoms with van der Waals surface area (Å²) in [6.45, 7) is 5.26. The second-order valence-corrected chi connectivity index (χ2v) is 5.07. The van der Waals surface area contributed by atoms with E-state index in [0.717, 1.165) is 11.1 Å². The van der Waals surface area contributed by atoms with E-state index in [-0.39, 0.29) is 12.2 Å². The highest BCUT2D eigenvalue weighted by atomic mass is 16.5. The lowest BCUT2D eigenvalue weighted by atomic mass is 10.2. The smallest absolute Gasteiger partial charge is 0.103 e. The maximum absolute atomic E-state index is 5.90. The molecule has 0 bridgehead atoms. The normalized spacial score (nSPS) is 13.5. The quantitative estimate of drug-likeness (QED) is 0.722. The van der Waals surface area contributed by atoms with E-state index < -0.39 is 0 Å². The molecule has 3 nitrogen and oxygen atoms in total.